The van der Waals surface area contributed by atoms with Gasteiger partial charge in [-0.25, -0.2) is 8.42 Å². The van der Waals surface area contributed by atoms with Gasteiger partial charge in [-0.1, -0.05) is 11.6 Å². The molecule has 2 amide bonds. The lowest BCUT2D eigenvalue weighted by Gasteiger charge is -2.51. The average Bonchev–Trinajstić information content (AvgIpc) is 2.54. The molecule has 3 rings (SSSR count). The average molecular weight is 383 g/mol. The highest BCUT2D eigenvalue weighted by molar-refractivity contribution is 7.92. The Morgan fingerprint density at radius 1 is 1.23 bits per heavy atom. The molecular weight excluding hydrogens is 352 g/mol. The lowest BCUT2D eigenvalue weighted by atomic mass is 9.70. The van der Waals surface area contributed by atoms with Gasteiger partial charge in [0.05, 0.1) is 10.5 Å². The van der Waals surface area contributed by atoms with E-state index in [0.29, 0.717) is 38.6 Å². The first-order valence-electron chi connectivity index (χ1n) is 9.74. The molecule has 1 spiro atoms. The van der Waals surface area contributed by atoms with Gasteiger partial charge in [-0.05, 0) is 57.3 Å². The second-order valence-corrected chi connectivity index (χ2v) is 10.8. The van der Waals surface area contributed by atoms with E-state index >= 15 is 0 Å². The number of hydrogen-bond donors (Lipinski definition) is 2. The summed E-state index contributed by atoms with van der Waals surface area (Å²) in [6.45, 7) is 2.01. The summed E-state index contributed by atoms with van der Waals surface area (Å²) in [6, 6.07) is -0.0584. The normalized spacial score (nSPS) is 33.0. The Morgan fingerprint density at radius 2 is 2.00 bits per heavy atom. The Morgan fingerprint density at radius 3 is 2.65 bits per heavy atom. The fourth-order valence-corrected chi connectivity index (χ4v) is 7.17. The van der Waals surface area contributed by atoms with Gasteiger partial charge in [-0.3, -0.25) is 9.59 Å². The number of carbonyl (C=O) groups is 2. The van der Waals surface area contributed by atoms with Gasteiger partial charge in [-0.15, -0.1) is 0 Å². The molecule has 3 aliphatic rings. The van der Waals surface area contributed by atoms with Crippen LogP contribution < -0.4 is 10.6 Å². The largest absolute Gasteiger partial charge is 0.356 e. The molecule has 1 aliphatic heterocycles. The third-order valence-corrected chi connectivity index (χ3v) is 8.70. The maximum atomic E-state index is 12.6. The predicted molar refractivity (Wildman–Crippen MR) is 100 cm³/mol. The molecule has 0 aromatic rings. The lowest BCUT2D eigenvalue weighted by Crippen LogP contribution is -2.60. The fraction of sp³-hybridized carbons (Fsp3) is 0.789. The van der Waals surface area contributed by atoms with Crippen LogP contribution in [0.4, 0.5) is 0 Å². The second-order valence-electron chi connectivity index (χ2n) is 8.26. The van der Waals surface area contributed by atoms with Gasteiger partial charge < -0.3 is 10.6 Å². The first-order valence-corrected chi connectivity index (χ1v) is 11.4. The predicted octanol–water partition coefficient (Wildman–Crippen LogP) is 1.86. The molecule has 1 heterocycles. The molecule has 0 aromatic carbocycles. The van der Waals surface area contributed by atoms with E-state index in [0.717, 1.165) is 19.3 Å². The number of hydrogen-bond acceptors (Lipinski definition) is 4. The van der Waals surface area contributed by atoms with Crippen molar-refractivity contribution in [3.05, 3.63) is 11.6 Å². The van der Waals surface area contributed by atoms with Crippen LogP contribution in [0.1, 0.15) is 64.7 Å². The topological polar surface area (TPSA) is 92.3 Å². The van der Waals surface area contributed by atoms with Crippen LogP contribution in [-0.4, -0.2) is 43.3 Å². The summed E-state index contributed by atoms with van der Waals surface area (Å²) in [6.07, 6.45) is 9.23. The van der Waals surface area contributed by atoms with Crippen molar-refractivity contribution >= 4 is 21.7 Å². The Balaban J connectivity index is 1.54. The maximum Gasteiger partial charge on any atom is 0.224 e. The van der Waals surface area contributed by atoms with E-state index in [4.69, 9.17) is 0 Å². The van der Waals surface area contributed by atoms with Crippen LogP contribution in [0.2, 0.25) is 0 Å². The zero-order chi connectivity index (χ0) is 18.8. The van der Waals surface area contributed by atoms with Crippen molar-refractivity contribution in [1.29, 1.82) is 0 Å². The maximum absolute atomic E-state index is 12.6. The number of nitrogens with one attached hydrogen (secondary N) is 2. The fourth-order valence-electron chi connectivity index (χ4n) is 4.71. The number of sulfone groups is 1. The number of allylic oxidation sites excluding steroid dienone is 1. The minimum absolute atomic E-state index is 0.0201. The SMILES string of the molecule is CC(=O)NCC1CC2(C1)CC(NC(=O)CC1=CCCCC1)CCS2(=O)=O. The number of rotatable bonds is 5. The summed E-state index contributed by atoms with van der Waals surface area (Å²) >= 11 is 0. The lowest BCUT2D eigenvalue weighted by molar-refractivity contribution is -0.121. The number of amides is 2. The molecule has 1 saturated heterocycles. The van der Waals surface area contributed by atoms with Crippen LogP contribution in [0, 0.1) is 5.92 Å². The van der Waals surface area contributed by atoms with Gasteiger partial charge in [0.1, 0.15) is 0 Å². The van der Waals surface area contributed by atoms with Gasteiger partial charge >= 0.3 is 0 Å². The molecule has 0 aromatic heterocycles. The van der Waals surface area contributed by atoms with Crippen LogP contribution in [0.5, 0.6) is 0 Å². The first-order chi connectivity index (χ1) is 12.3. The first kappa shape index (κ1) is 19.4. The Labute approximate surface area is 156 Å². The Hall–Kier alpha value is -1.37. The molecule has 1 atom stereocenters. The highest BCUT2D eigenvalue weighted by Crippen LogP contribution is 2.49. The van der Waals surface area contributed by atoms with E-state index in [1.54, 1.807) is 0 Å². The van der Waals surface area contributed by atoms with E-state index < -0.39 is 14.6 Å². The van der Waals surface area contributed by atoms with E-state index in [2.05, 4.69) is 16.7 Å². The highest BCUT2D eigenvalue weighted by atomic mass is 32.2. The summed E-state index contributed by atoms with van der Waals surface area (Å²) in [4.78, 5) is 23.4. The van der Waals surface area contributed by atoms with Gasteiger partial charge in [0.15, 0.2) is 9.84 Å². The van der Waals surface area contributed by atoms with E-state index in [9.17, 15) is 18.0 Å². The molecule has 6 nitrogen and oxygen atoms in total. The van der Waals surface area contributed by atoms with Crippen molar-refractivity contribution in [2.75, 3.05) is 12.3 Å². The zero-order valence-electron chi connectivity index (χ0n) is 15.6. The zero-order valence-corrected chi connectivity index (χ0v) is 16.4. The van der Waals surface area contributed by atoms with E-state index in [1.165, 1.54) is 18.9 Å². The highest BCUT2D eigenvalue weighted by Gasteiger charge is 2.56. The molecule has 7 heteroatoms. The van der Waals surface area contributed by atoms with Crippen LogP contribution in [0.3, 0.4) is 0 Å². The van der Waals surface area contributed by atoms with Crippen molar-refractivity contribution in [3.8, 4) is 0 Å². The Kier molecular flexibility index (Phi) is 5.75. The molecular formula is C19H30N2O4S. The molecule has 146 valence electrons. The monoisotopic (exact) mass is 382 g/mol. The summed E-state index contributed by atoms with van der Waals surface area (Å²) in [5, 5.41) is 5.85. The van der Waals surface area contributed by atoms with Crippen LogP contribution in [-0.2, 0) is 19.4 Å². The van der Waals surface area contributed by atoms with Gasteiger partial charge in [0.2, 0.25) is 11.8 Å². The van der Waals surface area contributed by atoms with Crippen molar-refractivity contribution in [3.63, 3.8) is 0 Å². The van der Waals surface area contributed by atoms with Gasteiger partial charge in [0.25, 0.3) is 0 Å². The van der Waals surface area contributed by atoms with E-state index in [-0.39, 0.29) is 29.5 Å². The summed E-state index contributed by atoms with van der Waals surface area (Å²) < 4.78 is 24.5. The molecule has 26 heavy (non-hydrogen) atoms. The van der Waals surface area contributed by atoms with Crippen LogP contribution >= 0.6 is 0 Å². The third kappa shape index (κ3) is 4.30. The third-order valence-electron chi connectivity index (χ3n) is 6.11. The second kappa shape index (κ2) is 7.71. The molecule has 2 N–H and O–H groups in total. The molecule has 0 bridgehead atoms. The van der Waals surface area contributed by atoms with Crippen molar-refractivity contribution in [2.24, 2.45) is 5.92 Å². The number of carbonyl (C=O) groups excluding carboxylic acids is 2. The van der Waals surface area contributed by atoms with Gasteiger partial charge in [-0.2, -0.15) is 0 Å². The van der Waals surface area contributed by atoms with Crippen LogP contribution in [0.15, 0.2) is 11.6 Å². The molecule has 1 saturated carbocycles. The smallest absolute Gasteiger partial charge is 0.224 e. The molecule has 2 aliphatic carbocycles. The molecule has 2 fully saturated rings. The Bertz CT molecular complexity index is 692. The minimum atomic E-state index is -3.13. The molecule has 1 unspecified atom stereocenters. The summed E-state index contributed by atoms with van der Waals surface area (Å²) in [5.41, 5.74) is 1.21. The standard InChI is InChI=1S/C19H30N2O4S/c1-14(22)20-13-16-10-19(11-16)12-17(7-8-26(19,24)25)21-18(23)9-15-5-3-2-4-6-15/h5,16-17H,2-4,6-13H2,1H3,(H,20,22)(H,21,23). The van der Waals surface area contributed by atoms with Crippen molar-refractivity contribution in [2.45, 2.75) is 75.5 Å². The van der Waals surface area contributed by atoms with Crippen molar-refractivity contribution < 1.29 is 18.0 Å². The van der Waals surface area contributed by atoms with Crippen LogP contribution in [0.25, 0.3) is 0 Å². The molecule has 0 radical (unpaired) electrons. The summed E-state index contributed by atoms with van der Waals surface area (Å²) in [7, 11) is -3.13. The van der Waals surface area contributed by atoms with Crippen molar-refractivity contribution in [1.82, 2.24) is 10.6 Å². The summed E-state index contributed by atoms with van der Waals surface area (Å²) in [5.74, 6) is 0.301. The minimum Gasteiger partial charge on any atom is -0.356 e. The quantitative estimate of drug-likeness (QED) is 0.710. The van der Waals surface area contributed by atoms with Gasteiger partial charge in [0, 0.05) is 25.9 Å². The van der Waals surface area contributed by atoms with E-state index in [1.807, 2.05) is 0 Å².